The maximum absolute atomic E-state index is 11.6. The van der Waals surface area contributed by atoms with Gasteiger partial charge >= 0.3 is 24.0 Å². The molecule has 0 unspecified atom stereocenters. The Morgan fingerprint density at radius 2 is 1.16 bits per heavy atom. The lowest BCUT2D eigenvalue weighted by molar-refractivity contribution is -0.139. The molecule has 0 atom stereocenters. The van der Waals surface area contributed by atoms with Crippen LogP contribution in [0.5, 0.6) is 29.5 Å². The summed E-state index contributed by atoms with van der Waals surface area (Å²) in [6, 6.07) is 27.2. The van der Waals surface area contributed by atoms with E-state index in [9.17, 15) is 4.79 Å². The number of esters is 1. The molecule has 184 valence electrons. The zero-order valence-electron chi connectivity index (χ0n) is 20.1. The molecule has 5 aromatic rings. The standard InChI is InChI=1S/C29H23N3O5/c1-19(2)26(33)34-15-16-35-27-30-28(36-24-13-11-20-7-3-5-9-22(20)17-24)32-29(31-27)37-25-14-12-21-8-4-6-10-23(21)18-25/h3-14,17-18H,1,15-16H2,2H3. The van der Waals surface area contributed by atoms with Gasteiger partial charge in [0, 0.05) is 5.57 Å². The molecule has 0 saturated heterocycles. The summed E-state index contributed by atoms with van der Waals surface area (Å²) in [4.78, 5) is 24.4. The average Bonchev–Trinajstić information content (AvgIpc) is 2.90. The van der Waals surface area contributed by atoms with Gasteiger partial charge in [-0.25, -0.2) is 4.79 Å². The number of carbonyl (C=O) groups excluding carboxylic acids is 1. The molecule has 0 fully saturated rings. The maximum Gasteiger partial charge on any atom is 0.333 e. The first-order valence-electron chi connectivity index (χ1n) is 11.6. The van der Waals surface area contributed by atoms with Gasteiger partial charge in [-0.3, -0.25) is 0 Å². The number of ether oxygens (including phenoxy) is 4. The fourth-order valence-corrected chi connectivity index (χ4v) is 3.54. The second-order valence-electron chi connectivity index (χ2n) is 8.17. The monoisotopic (exact) mass is 493 g/mol. The van der Waals surface area contributed by atoms with Gasteiger partial charge in [-0.05, 0) is 52.7 Å². The lowest BCUT2D eigenvalue weighted by atomic mass is 10.1. The van der Waals surface area contributed by atoms with E-state index in [1.807, 2.05) is 84.9 Å². The topological polar surface area (TPSA) is 92.7 Å². The van der Waals surface area contributed by atoms with Crippen molar-refractivity contribution in [2.24, 2.45) is 0 Å². The van der Waals surface area contributed by atoms with Gasteiger partial charge in [0.25, 0.3) is 0 Å². The molecule has 0 N–H and O–H groups in total. The van der Waals surface area contributed by atoms with Gasteiger partial charge in [0.05, 0.1) is 0 Å². The number of nitrogens with zero attached hydrogens (tertiary/aromatic N) is 3. The molecular formula is C29H23N3O5. The number of hydrogen-bond donors (Lipinski definition) is 0. The summed E-state index contributed by atoms with van der Waals surface area (Å²) in [7, 11) is 0. The van der Waals surface area contributed by atoms with E-state index in [-0.39, 0.29) is 31.2 Å². The van der Waals surface area contributed by atoms with Crippen molar-refractivity contribution in [2.45, 2.75) is 6.92 Å². The fraction of sp³-hybridized carbons (Fsp3) is 0.103. The molecule has 5 rings (SSSR count). The van der Waals surface area contributed by atoms with Crippen LogP contribution in [0.3, 0.4) is 0 Å². The predicted octanol–water partition coefficient (Wildman–Crippen LogP) is 6.26. The molecule has 8 nitrogen and oxygen atoms in total. The molecule has 0 aliphatic rings. The highest BCUT2D eigenvalue weighted by Gasteiger charge is 2.13. The van der Waals surface area contributed by atoms with Gasteiger partial charge in [0.2, 0.25) is 0 Å². The fourth-order valence-electron chi connectivity index (χ4n) is 3.54. The van der Waals surface area contributed by atoms with Gasteiger partial charge in [-0.2, -0.15) is 0 Å². The summed E-state index contributed by atoms with van der Waals surface area (Å²) >= 11 is 0. The zero-order chi connectivity index (χ0) is 25.6. The average molecular weight is 494 g/mol. The van der Waals surface area contributed by atoms with E-state index >= 15 is 0 Å². The van der Waals surface area contributed by atoms with Crippen molar-refractivity contribution in [3.63, 3.8) is 0 Å². The van der Waals surface area contributed by atoms with Crippen LogP contribution < -0.4 is 14.2 Å². The molecule has 0 aliphatic heterocycles. The molecule has 0 bridgehead atoms. The Bertz CT molecular complexity index is 1500. The first-order valence-corrected chi connectivity index (χ1v) is 11.6. The van der Waals surface area contributed by atoms with E-state index in [1.165, 1.54) is 0 Å². The minimum Gasteiger partial charge on any atom is -0.460 e. The molecule has 0 radical (unpaired) electrons. The van der Waals surface area contributed by atoms with Crippen LogP contribution in [0.1, 0.15) is 6.92 Å². The van der Waals surface area contributed by atoms with E-state index in [0.29, 0.717) is 17.1 Å². The Balaban J connectivity index is 1.39. The third-order valence-corrected chi connectivity index (χ3v) is 5.33. The number of benzene rings is 4. The first kappa shape index (κ1) is 23.7. The predicted molar refractivity (Wildman–Crippen MR) is 139 cm³/mol. The summed E-state index contributed by atoms with van der Waals surface area (Å²) in [5.74, 6) is 0.589. The smallest absolute Gasteiger partial charge is 0.333 e. The van der Waals surface area contributed by atoms with Crippen molar-refractivity contribution in [3.8, 4) is 29.5 Å². The molecule has 37 heavy (non-hydrogen) atoms. The van der Waals surface area contributed by atoms with Crippen molar-refractivity contribution in [2.75, 3.05) is 13.2 Å². The first-order chi connectivity index (χ1) is 18.0. The van der Waals surface area contributed by atoms with Crippen molar-refractivity contribution in [3.05, 3.63) is 97.1 Å². The lowest BCUT2D eigenvalue weighted by Crippen LogP contribution is -2.13. The number of aromatic nitrogens is 3. The Morgan fingerprint density at radius 1 is 0.676 bits per heavy atom. The van der Waals surface area contributed by atoms with E-state index < -0.39 is 5.97 Å². The Morgan fingerprint density at radius 3 is 1.68 bits per heavy atom. The highest BCUT2D eigenvalue weighted by molar-refractivity contribution is 5.87. The largest absolute Gasteiger partial charge is 0.460 e. The molecular weight excluding hydrogens is 470 g/mol. The summed E-state index contributed by atoms with van der Waals surface area (Å²) < 4.78 is 22.5. The molecule has 1 aromatic heterocycles. The van der Waals surface area contributed by atoms with E-state index in [4.69, 9.17) is 18.9 Å². The number of hydrogen-bond acceptors (Lipinski definition) is 8. The van der Waals surface area contributed by atoms with Crippen LogP contribution in [0.15, 0.2) is 97.1 Å². The van der Waals surface area contributed by atoms with E-state index in [0.717, 1.165) is 21.5 Å². The van der Waals surface area contributed by atoms with Crippen LogP contribution in [0, 0.1) is 0 Å². The lowest BCUT2D eigenvalue weighted by Gasteiger charge is -2.11. The van der Waals surface area contributed by atoms with Crippen LogP contribution in [0.4, 0.5) is 0 Å². The van der Waals surface area contributed by atoms with Gasteiger partial charge in [-0.1, -0.05) is 67.2 Å². The molecule has 1 heterocycles. The highest BCUT2D eigenvalue weighted by Crippen LogP contribution is 2.28. The second-order valence-corrected chi connectivity index (χ2v) is 8.17. The van der Waals surface area contributed by atoms with Crippen LogP contribution in [-0.4, -0.2) is 34.1 Å². The van der Waals surface area contributed by atoms with E-state index in [1.54, 1.807) is 6.92 Å². The normalized spacial score (nSPS) is 10.7. The van der Waals surface area contributed by atoms with Crippen LogP contribution in [-0.2, 0) is 9.53 Å². The maximum atomic E-state index is 11.6. The minimum absolute atomic E-state index is 0.000887. The summed E-state index contributed by atoms with van der Waals surface area (Å²) in [6.07, 6.45) is 0. The molecule has 4 aromatic carbocycles. The Kier molecular flexibility index (Phi) is 6.89. The number of fused-ring (bicyclic) bond motifs is 2. The van der Waals surface area contributed by atoms with Crippen molar-refractivity contribution in [1.29, 1.82) is 0 Å². The van der Waals surface area contributed by atoms with Crippen LogP contribution in [0.25, 0.3) is 21.5 Å². The van der Waals surface area contributed by atoms with Crippen LogP contribution in [0.2, 0.25) is 0 Å². The van der Waals surface area contributed by atoms with Gasteiger partial charge < -0.3 is 18.9 Å². The van der Waals surface area contributed by atoms with Crippen molar-refractivity contribution >= 4 is 27.5 Å². The summed E-state index contributed by atoms with van der Waals surface area (Å²) in [5, 5.41) is 4.19. The molecule has 0 spiro atoms. The SMILES string of the molecule is C=C(C)C(=O)OCCOc1nc(Oc2ccc3ccccc3c2)nc(Oc2ccc3ccccc3c2)n1. The second kappa shape index (κ2) is 10.7. The van der Waals surface area contributed by atoms with Gasteiger partial charge in [-0.15, -0.1) is 15.0 Å². The third kappa shape index (κ3) is 5.99. The number of rotatable bonds is 9. The quantitative estimate of drug-likeness (QED) is 0.135. The summed E-state index contributed by atoms with van der Waals surface area (Å²) in [6.45, 7) is 5.14. The van der Waals surface area contributed by atoms with E-state index in [2.05, 4.69) is 21.5 Å². The van der Waals surface area contributed by atoms with Crippen LogP contribution >= 0.6 is 0 Å². The van der Waals surface area contributed by atoms with Gasteiger partial charge in [0.15, 0.2) is 0 Å². The molecule has 0 saturated carbocycles. The minimum atomic E-state index is -0.500. The molecule has 0 aliphatic carbocycles. The van der Waals surface area contributed by atoms with Gasteiger partial charge in [0.1, 0.15) is 24.7 Å². The van der Waals surface area contributed by atoms with Crippen molar-refractivity contribution in [1.82, 2.24) is 15.0 Å². The van der Waals surface area contributed by atoms with Crippen molar-refractivity contribution < 1.29 is 23.7 Å². The third-order valence-electron chi connectivity index (χ3n) is 5.33. The Labute approximate surface area is 213 Å². The zero-order valence-corrected chi connectivity index (χ0v) is 20.1. The highest BCUT2D eigenvalue weighted by atomic mass is 16.6. The summed E-state index contributed by atoms with van der Waals surface area (Å²) in [5.41, 5.74) is 0.303. The molecule has 0 amide bonds. The number of carbonyl (C=O) groups is 1. The molecule has 8 heteroatoms. The Hall–Kier alpha value is -4.98.